The van der Waals surface area contributed by atoms with Crippen LogP contribution in [0.4, 0.5) is 5.69 Å². The van der Waals surface area contributed by atoms with E-state index in [0.29, 0.717) is 18.5 Å². The number of amides is 3. The first-order chi connectivity index (χ1) is 13.6. The summed E-state index contributed by atoms with van der Waals surface area (Å²) < 4.78 is 0. The normalized spacial score (nSPS) is 21.1. The van der Waals surface area contributed by atoms with Gasteiger partial charge in [0.15, 0.2) is 0 Å². The summed E-state index contributed by atoms with van der Waals surface area (Å²) in [5.41, 5.74) is 2.74. The Balaban J connectivity index is 0.000000660. The minimum atomic E-state index is -0.551. The number of rotatable bonds is 2. The highest BCUT2D eigenvalue weighted by atomic mass is 16.2. The summed E-state index contributed by atoms with van der Waals surface area (Å²) in [5, 5.41) is 5.66. The molecule has 2 saturated heterocycles. The molecule has 7 nitrogen and oxygen atoms in total. The van der Waals surface area contributed by atoms with Crippen LogP contribution in [0.1, 0.15) is 42.6 Å². The van der Waals surface area contributed by atoms with E-state index in [4.69, 9.17) is 0 Å². The predicted molar refractivity (Wildman–Crippen MR) is 110 cm³/mol. The number of fused-ring (bicyclic) bond motifs is 1. The van der Waals surface area contributed by atoms with Gasteiger partial charge in [0.05, 0.1) is 0 Å². The second-order valence-electron chi connectivity index (χ2n) is 6.48. The molecule has 0 saturated carbocycles. The largest absolute Gasteiger partial charge is 0.369 e. The lowest BCUT2D eigenvalue weighted by atomic mass is 10.0. The maximum Gasteiger partial charge on any atom is 0.255 e. The Kier molecular flexibility index (Phi) is 7.75. The number of piperidine rings is 1. The molecule has 0 aromatic heterocycles. The van der Waals surface area contributed by atoms with Gasteiger partial charge in [-0.15, -0.1) is 13.2 Å². The Labute approximate surface area is 166 Å². The average molecular weight is 386 g/mol. The fraction of sp³-hybridized carbons (Fsp3) is 0.476. The maximum atomic E-state index is 12.6. The van der Waals surface area contributed by atoms with Crippen LogP contribution in [0.5, 0.6) is 0 Å². The van der Waals surface area contributed by atoms with E-state index in [2.05, 4.69) is 34.8 Å². The molecule has 0 bridgehead atoms. The van der Waals surface area contributed by atoms with Crippen molar-refractivity contribution in [1.82, 2.24) is 15.5 Å². The molecule has 152 valence electrons. The zero-order valence-corrected chi connectivity index (χ0v) is 16.8. The molecule has 7 heteroatoms. The van der Waals surface area contributed by atoms with Crippen molar-refractivity contribution >= 4 is 23.4 Å². The van der Waals surface area contributed by atoms with Crippen LogP contribution in [0.3, 0.4) is 0 Å². The van der Waals surface area contributed by atoms with E-state index >= 15 is 0 Å². The Morgan fingerprint density at radius 2 is 1.75 bits per heavy atom. The van der Waals surface area contributed by atoms with Crippen LogP contribution in [-0.2, 0) is 16.1 Å². The number of hydrogen-bond acceptors (Lipinski definition) is 5. The first kappa shape index (κ1) is 21.6. The van der Waals surface area contributed by atoms with Crippen molar-refractivity contribution in [2.75, 3.05) is 31.1 Å². The van der Waals surface area contributed by atoms with Gasteiger partial charge in [-0.1, -0.05) is 13.8 Å². The molecular weight excluding hydrogens is 356 g/mol. The Morgan fingerprint density at radius 3 is 2.39 bits per heavy atom. The molecule has 0 radical (unpaired) electrons. The maximum absolute atomic E-state index is 12.6. The first-order valence-corrected chi connectivity index (χ1v) is 9.87. The summed E-state index contributed by atoms with van der Waals surface area (Å²) in [6, 6.07) is 5.35. The van der Waals surface area contributed by atoms with E-state index in [-0.39, 0.29) is 24.1 Å². The molecule has 0 spiro atoms. The van der Waals surface area contributed by atoms with Crippen molar-refractivity contribution in [1.29, 1.82) is 0 Å². The van der Waals surface area contributed by atoms with Crippen LogP contribution in [-0.4, -0.2) is 54.8 Å². The molecule has 3 heterocycles. The second kappa shape index (κ2) is 10.0. The van der Waals surface area contributed by atoms with E-state index < -0.39 is 6.04 Å². The third-order valence-corrected chi connectivity index (χ3v) is 4.99. The number of benzene rings is 1. The lowest BCUT2D eigenvalue weighted by Crippen LogP contribution is -2.52. The number of nitrogens with one attached hydrogen (secondary N) is 2. The zero-order valence-electron chi connectivity index (χ0n) is 16.8. The van der Waals surface area contributed by atoms with Gasteiger partial charge in [-0.25, -0.2) is 0 Å². The fourth-order valence-electron chi connectivity index (χ4n) is 3.68. The Hall–Kier alpha value is -2.67. The number of imide groups is 1. The topological polar surface area (TPSA) is 81.8 Å². The molecule has 2 fully saturated rings. The van der Waals surface area contributed by atoms with E-state index in [1.807, 2.05) is 26.0 Å². The molecule has 1 aromatic rings. The third-order valence-electron chi connectivity index (χ3n) is 4.99. The molecule has 0 aliphatic carbocycles. The highest BCUT2D eigenvalue weighted by molar-refractivity contribution is 6.05. The van der Waals surface area contributed by atoms with Crippen molar-refractivity contribution in [3.63, 3.8) is 0 Å². The van der Waals surface area contributed by atoms with Gasteiger partial charge in [0, 0.05) is 50.4 Å². The van der Waals surface area contributed by atoms with Gasteiger partial charge in [-0.05, 0) is 30.2 Å². The second-order valence-corrected chi connectivity index (χ2v) is 6.48. The average Bonchev–Trinajstić information content (AvgIpc) is 3.07. The highest BCUT2D eigenvalue weighted by Crippen LogP contribution is 2.30. The molecule has 4 rings (SSSR count). The van der Waals surface area contributed by atoms with E-state index in [1.54, 1.807) is 4.90 Å². The van der Waals surface area contributed by atoms with E-state index in [0.717, 1.165) is 37.4 Å². The number of hydrogen-bond donors (Lipinski definition) is 2. The molecule has 3 aliphatic heterocycles. The van der Waals surface area contributed by atoms with Crippen molar-refractivity contribution in [3.8, 4) is 0 Å². The van der Waals surface area contributed by atoms with Crippen LogP contribution < -0.4 is 15.5 Å². The summed E-state index contributed by atoms with van der Waals surface area (Å²) in [7, 11) is 0. The van der Waals surface area contributed by atoms with Gasteiger partial charge < -0.3 is 15.1 Å². The molecule has 28 heavy (non-hydrogen) atoms. The van der Waals surface area contributed by atoms with Crippen LogP contribution in [0, 0.1) is 0 Å². The van der Waals surface area contributed by atoms with Gasteiger partial charge in [-0.2, -0.15) is 0 Å². The summed E-state index contributed by atoms with van der Waals surface area (Å²) in [6.07, 6.45) is 0.678. The molecule has 2 N–H and O–H groups in total. The monoisotopic (exact) mass is 386 g/mol. The molecule has 3 amide bonds. The first-order valence-electron chi connectivity index (χ1n) is 9.87. The standard InChI is InChI=1S/C17H20N4O3.C2H6.C2H4/c22-15-4-3-14(16(23)19-15)21-10-11-9-12(1-2-13(11)17(21)24)20-7-5-18-6-8-20;2*1-2/h1-2,9,14,18H,3-8,10H2,(H,19,22,23);1-2H3;1-2H2. The van der Waals surface area contributed by atoms with E-state index in [9.17, 15) is 14.4 Å². The van der Waals surface area contributed by atoms with Crippen LogP contribution in [0.2, 0.25) is 0 Å². The van der Waals surface area contributed by atoms with Gasteiger partial charge in [-0.3, -0.25) is 19.7 Å². The summed E-state index contributed by atoms with van der Waals surface area (Å²) in [4.78, 5) is 39.9. The van der Waals surface area contributed by atoms with Crippen molar-refractivity contribution in [2.24, 2.45) is 0 Å². The third kappa shape index (κ3) is 4.42. The molecule has 1 unspecified atom stereocenters. The SMILES string of the molecule is C=C.CC.O=C1CCC(N2Cc3cc(N4CCNCC4)ccc3C2=O)C(=O)N1. The summed E-state index contributed by atoms with van der Waals surface area (Å²) in [5.74, 6) is -0.748. The summed E-state index contributed by atoms with van der Waals surface area (Å²) in [6.45, 7) is 14.2. The van der Waals surface area contributed by atoms with Gasteiger partial charge in [0.1, 0.15) is 6.04 Å². The molecular formula is C21H30N4O3. The lowest BCUT2D eigenvalue weighted by molar-refractivity contribution is -0.136. The highest BCUT2D eigenvalue weighted by Gasteiger charge is 2.39. The van der Waals surface area contributed by atoms with Gasteiger partial charge in [0.2, 0.25) is 11.8 Å². The molecule has 1 aromatic carbocycles. The number of nitrogens with zero attached hydrogens (tertiary/aromatic N) is 2. The zero-order chi connectivity index (χ0) is 20.7. The van der Waals surface area contributed by atoms with E-state index in [1.165, 1.54) is 0 Å². The number of carbonyl (C=O) groups is 3. The van der Waals surface area contributed by atoms with Crippen molar-refractivity contribution in [3.05, 3.63) is 42.5 Å². The lowest BCUT2D eigenvalue weighted by Gasteiger charge is -2.30. The van der Waals surface area contributed by atoms with Crippen molar-refractivity contribution < 1.29 is 14.4 Å². The Bertz CT molecular complexity index is 728. The summed E-state index contributed by atoms with van der Waals surface area (Å²) >= 11 is 0. The Morgan fingerprint density at radius 1 is 1.07 bits per heavy atom. The molecule has 3 aliphatic rings. The van der Waals surface area contributed by atoms with Crippen molar-refractivity contribution in [2.45, 2.75) is 39.3 Å². The van der Waals surface area contributed by atoms with Gasteiger partial charge in [0.25, 0.3) is 5.91 Å². The minimum absolute atomic E-state index is 0.119. The van der Waals surface area contributed by atoms with Crippen LogP contribution in [0.15, 0.2) is 31.4 Å². The number of carbonyl (C=O) groups excluding carboxylic acids is 3. The quantitative estimate of drug-likeness (QED) is 0.597. The van der Waals surface area contributed by atoms with Crippen LogP contribution in [0.25, 0.3) is 0 Å². The predicted octanol–water partition coefficient (Wildman–Crippen LogP) is 1.69. The smallest absolute Gasteiger partial charge is 0.255 e. The minimum Gasteiger partial charge on any atom is -0.369 e. The number of piperazine rings is 1. The number of anilines is 1. The van der Waals surface area contributed by atoms with Crippen LogP contribution >= 0.6 is 0 Å². The van der Waals surface area contributed by atoms with Gasteiger partial charge >= 0.3 is 0 Å². The fourth-order valence-corrected chi connectivity index (χ4v) is 3.68. The molecule has 1 atom stereocenters.